The number of amides is 1. The minimum absolute atomic E-state index is 0. The van der Waals surface area contributed by atoms with Crippen LogP contribution in [0.25, 0.3) is 16.6 Å². The van der Waals surface area contributed by atoms with E-state index in [9.17, 15) is 19.2 Å². The molecule has 0 aliphatic heterocycles. The number of nitrogens with one attached hydrogen (secondary N) is 1. The summed E-state index contributed by atoms with van der Waals surface area (Å²) >= 11 is 0. The summed E-state index contributed by atoms with van der Waals surface area (Å²) in [5.41, 5.74) is 7.02. The van der Waals surface area contributed by atoms with E-state index in [0.717, 1.165) is 5.39 Å². The number of aromatic carboxylic acids is 1. The first-order valence-corrected chi connectivity index (χ1v) is 16.5. The fourth-order valence-electron chi connectivity index (χ4n) is 5.26. The molecule has 3 aromatic carbocycles. The van der Waals surface area contributed by atoms with Crippen LogP contribution in [0, 0.1) is 6.92 Å². The van der Waals surface area contributed by atoms with Crippen molar-refractivity contribution in [3.8, 4) is 22.9 Å². The Hall–Kier alpha value is -6.80. The molecule has 0 radical (unpaired) electrons. The van der Waals surface area contributed by atoms with Crippen LogP contribution in [0.4, 0.5) is 5.82 Å². The average Bonchev–Trinajstić information content (AvgIpc) is 3.40. The van der Waals surface area contributed by atoms with Crippen LogP contribution in [0.15, 0.2) is 114 Å². The van der Waals surface area contributed by atoms with E-state index >= 15 is 0 Å². The SMILES string of the molecule is C.COc1ccc2c(Oc3ccc(NC(=O)c4c(C)n(C[C@@H](C)OC(=O)[C@H](C)N)n(-c5ccccc5)c4=O)nc3)ccnc2c1.O=C(O)c1ccccc1. The van der Waals surface area contributed by atoms with Gasteiger partial charge in [0.15, 0.2) is 0 Å². The lowest BCUT2D eigenvalue weighted by molar-refractivity contribution is -0.150. The highest BCUT2D eigenvalue weighted by atomic mass is 16.5. The number of para-hydroxylation sites is 1. The molecule has 0 aliphatic rings. The molecule has 6 aromatic rings. The number of pyridine rings is 2. The number of esters is 1. The lowest BCUT2D eigenvalue weighted by Crippen LogP contribution is -2.34. The third-order valence-electron chi connectivity index (χ3n) is 7.88. The lowest BCUT2D eigenvalue weighted by atomic mass is 10.2. The number of carbonyl (C=O) groups is 3. The van der Waals surface area contributed by atoms with Crippen molar-refractivity contribution in [2.75, 3.05) is 12.4 Å². The Morgan fingerprint density at radius 1 is 0.907 bits per heavy atom. The molecule has 1 amide bonds. The number of fused-ring (bicyclic) bond motifs is 1. The van der Waals surface area contributed by atoms with E-state index < -0.39 is 35.6 Å². The van der Waals surface area contributed by atoms with Crippen LogP contribution in [0.1, 0.15) is 47.7 Å². The molecule has 2 atom stereocenters. The van der Waals surface area contributed by atoms with Gasteiger partial charge in [-0.2, -0.15) is 0 Å². The number of carboxylic acids is 1. The summed E-state index contributed by atoms with van der Waals surface area (Å²) in [6.07, 6.45) is 2.48. The topological polar surface area (TPSA) is 190 Å². The van der Waals surface area contributed by atoms with Crippen molar-refractivity contribution in [3.05, 3.63) is 137 Å². The smallest absolute Gasteiger partial charge is 0.335 e. The quantitative estimate of drug-likeness (QED) is 0.128. The molecule has 6 rings (SSSR count). The molecule has 0 fully saturated rings. The highest BCUT2D eigenvalue weighted by Gasteiger charge is 2.26. The minimum atomic E-state index is -0.879. The van der Waals surface area contributed by atoms with Gasteiger partial charge in [0.05, 0.1) is 42.3 Å². The Morgan fingerprint density at radius 3 is 2.17 bits per heavy atom. The number of nitrogens with zero attached hydrogens (tertiary/aromatic N) is 4. The van der Waals surface area contributed by atoms with E-state index in [-0.39, 0.29) is 25.4 Å². The van der Waals surface area contributed by atoms with Gasteiger partial charge in [-0.05, 0) is 75.4 Å². The zero-order valence-corrected chi connectivity index (χ0v) is 29.4. The number of aromatic nitrogens is 4. The van der Waals surface area contributed by atoms with Crippen LogP contribution < -0.4 is 26.1 Å². The fraction of sp³-hybridized carbons (Fsp3) is 0.200. The molecule has 14 heteroatoms. The molecule has 0 unspecified atom stereocenters. The van der Waals surface area contributed by atoms with Crippen LogP contribution in [-0.4, -0.2) is 61.5 Å². The Balaban J connectivity index is 0.000000570. The van der Waals surface area contributed by atoms with Gasteiger partial charge >= 0.3 is 11.9 Å². The van der Waals surface area contributed by atoms with Crippen molar-refractivity contribution in [3.63, 3.8) is 0 Å². The molecular formula is C40H42N6O8. The van der Waals surface area contributed by atoms with Crippen LogP contribution >= 0.6 is 0 Å². The Kier molecular flexibility index (Phi) is 13.4. The monoisotopic (exact) mass is 734 g/mol. The van der Waals surface area contributed by atoms with Crippen molar-refractivity contribution in [2.24, 2.45) is 5.73 Å². The molecule has 4 N–H and O–H groups in total. The Bertz CT molecular complexity index is 2270. The second-order valence-corrected chi connectivity index (χ2v) is 11.8. The van der Waals surface area contributed by atoms with Gasteiger partial charge in [-0.1, -0.05) is 43.8 Å². The third kappa shape index (κ3) is 9.54. The summed E-state index contributed by atoms with van der Waals surface area (Å²) in [4.78, 5) is 58.1. The van der Waals surface area contributed by atoms with E-state index in [1.165, 1.54) is 17.8 Å². The van der Waals surface area contributed by atoms with Crippen molar-refractivity contribution in [1.29, 1.82) is 0 Å². The van der Waals surface area contributed by atoms with Crippen molar-refractivity contribution in [2.45, 2.75) is 46.9 Å². The number of hydrogen-bond donors (Lipinski definition) is 3. The lowest BCUT2D eigenvalue weighted by Gasteiger charge is -2.19. The predicted molar refractivity (Wildman–Crippen MR) is 205 cm³/mol. The Labute approximate surface area is 311 Å². The van der Waals surface area contributed by atoms with Crippen molar-refractivity contribution in [1.82, 2.24) is 19.3 Å². The van der Waals surface area contributed by atoms with E-state index in [2.05, 4.69) is 15.3 Å². The number of nitrogens with two attached hydrogens (primary N) is 1. The summed E-state index contributed by atoms with van der Waals surface area (Å²) in [5.74, 6) is -0.148. The summed E-state index contributed by atoms with van der Waals surface area (Å²) in [6, 6.07) is 26.9. The van der Waals surface area contributed by atoms with Crippen LogP contribution in [0.5, 0.6) is 17.2 Å². The minimum Gasteiger partial charge on any atom is -0.497 e. The highest BCUT2D eigenvalue weighted by Crippen LogP contribution is 2.31. The number of anilines is 1. The van der Waals surface area contributed by atoms with Gasteiger partial charge in [-0.25, -0.2) is 14.5 Å². The molecule has 0 bridgehead atoms. The zero-order valence-electron chi connectivity index (χ0n) is 29.4. The average molecular weight is 735 g/mol. The summed E-state index contributed by atoms with van der Waals surface area (Å²) in [6.45, 7) is 5.00. The van der Waals surface area contributed by atoms with Crippen molar-refractivity contribution >= 4 is 34.6 Å². The van der Waals surface area contributed by atoms with E-state index in [0.29, 0.717) is 39.7 Å². The van der Waals surface area contributed by atoms with Gasteiger partial charge in [0.1, 0.15) is 40.8 Å². The first kappa shape index (κ1) is 40.0. The van der Waals surface area contributed by atoms with Gasteiger partial charge in [0.2, 0.25) is 0 Å². The van der Waals surface area contributed by atoms with Gasteiger partial charge in [-0.3, -0.25) is 24.0 Å². The second kappa shape index (κ2) is 18.1. The summed E-state index contributed by atoms with van der Waals surface area (Å²) in [7, 11) is 1.59. The largest absolute Gasteiger partial charge is 0.497 e. The van der Waals surface area contributed by atoms with Crippen LogP contribution in [0.3, 0.4) is 0 Å². The van der Waals surface area contributed by atoms with Gasteiger partial charge < -0.3 is 30.4 Å². The van der Waals surface area contributed by atoms with E-state index in [1.54, 1.807) is 105 Å². The number of benzene rings is 3. The number of carbonyl (C=O) groups excluding carboxylic acids is 2. The zero-order chi connectivity index (χ0) is 38.1. The molecule has 280 valence electrons. The number of methoxy groups -OCH3 is 1. The number of ether oxygens (including phenoxy) is 3. The second-order valence-electron chi connectivity index (χ2n) is 11.8. The molecule has 0 aliphatic carbocycles. The number of carboxylic acid groups (broad SMARTS) is 1. The molecular weight excluding hydrogens is 692 g/mol. The molecule has 0 saturated heterocycles. The highest BCUT2D eigenvalue weighted by molar-refractivity contribution is 6.04. The summed E-state index contributed by atoms with van der Waals surface area (Å²) in [5, 5.41) is 11.9. The first-order valence-electron chi connectivity index (χ1n) is 16.5. The maximum Gasteiger partial charge on any atom is 0.335 e. The maximum absolute atomic E-state index is 13.7. The van der Waals surface area contributed by atoms with Crippen LogP contribution in [0.2, 0.25) is 0 Å². The van der Waals surface area contributed by atoms with E-state index in [4.69, 9.17) is 25.1 Å². The molecule has 0 saturated carbocycles. The molecule has 3 heterocycles. The molecule has 0 spiro atoms. The molecule has 14 nitrogen and oxygen atoms in total. The third-order valence-corrected chi connectivity index (χ3v) is 7.88. The van der Waals surface area contributed by atoms with Crippen LogP contribution in [-0.2, 0) is 16.1 Å². The van der Waals surface area contributed by atoms with Gasteiger partial charge in [0, 0.05) is 17.6 Å². The predicted octanol–water partition coefficient (Wildman–Crippen LogP) is 6.24. The normalized spacial score (nSPS) is 11.6. The maximum atomic E-state index is 13.7. The Morgan fingerprint density at radius 2 is 1.57 bits per heavy atom. The van der Waals surface area contributed by atoms with Gasteiger partial charge in [0.25, 0.3) is 11.5 Å². The standard InChI is InChI=1S/C32H32N6O6.C7H6O2.CH4/c1-19(43-32(41)20(2)33)18-37-21(3)29(31(40)38(37)22-8-6-5-7-9-22)30(39)36-28-13-11-24(17-35-28)44-27-14-15-34-26-16-23(42-4)10-12-25(26)27;8-7(9)6-4-2-1-3-5-6;/h5-17,19-20H,18,33H2,1-4H3,(H,35,36,39);1-5H,(H,8,9);1H4/t19-,20+;;/m1../s1. The number of rotatable bonds is 11. The molecule has 3 aromatic heterocycles. The van der Waals surface area contributed by atoms with E-state index in [1.807, 2.05) is 24.3 Å². The number of hydrogen-bond acceptors (Lipinski definition) is 10. The van der Waals surface area contributed by atoms with Gasteiger partial charge in [-0.15, -0.1) is 0 Å². The fourth-order valence-corrected chi connectivity index (χ4v) is 5.26. The summed E-state index contributed by atoms with van der Waals surface area (Å²) < 4.78 is 19.7. The van der Waals surface area contributed by atoms with Crippen molar-refractivity contribution < 1.29 is 33.7 Å². The first-order chi connectivity index (χ1) is 25.5. The molecule has 54 heavy (non-hydrogen) atoms.